The Balaban J connectivity index is 1.54. The number of carbonyl (C=O) groups excluding carboxylic acids is 2. The largest absolute Gasteiger partial charge is 0.487 e. The number of aromatic nitrogens is 1. The lowest BCUT2D eigenvalue weighted by Crippen LogP contribution is -2.68. The number of carbonyl (C=O) groups is 2. The summed E-state index contributed by atoms with van der Waals surface area (Å²) < 4.78 is 34.7. The number of unbranched alkanes of at least 4 members (excludes halogenated alkanes) is 1. The lowest BCUT2D eigenvalue weighted by Gasteiger charge is -2.52. The van der Waals surface area contributed by atoms with Gasteiger partial charge in [0.2, 0.25) is 5.43 Å². The lowest BCUT2D eigenvalue weighted by atomic mass is 9.98. The van der Waals surface area contributed by atoms with Crippen LogP contribution in [0, 0.1) is 23.5 Å². The Hall–Kier alpha value is -3.43. The molecule has 2 fully saturated rings. The zero-order valence-electron chi connectivity index (χ0n) is 20.6. The Kier molecular flexibility index (Phi) is 6.00. The minimum Gasteiger partial charge on any atom is -0.487 e. The van der Waals surface area contributed by atoms with Crippen molar-refractivity contribution in [2.24, 2.45) is 11.8 Å². The molecule has 1 unspecified atom stereocenters. The van der Waals surface area contributed by atoms with E-state index in [9.17, 15) is 23.2 Å². The van der Waals surface area contributed by atoms with Gasteiger partial charge >= 0.3 is 0 Å². The first-order valence-electron chi connectivity index (χ1n) is 12.4. The molecule has 1 aliphatic heterocycles. The van der Waals surface area contributed by atoms with Crippen molar-refractivity contribution in [3.8, 4) is 5.75 Å². The summed E-state index contributed by atoms with van der Waals surface area (Å²) in [7, 11) is 3.63. The van der Waals surface area contributed by atoms with Crippen molar-refractivity contribution in [2.45, 2.75) is 51.2 Å². The van der Waals surface area contributed by atoms with Gasteiger partial charge in [-0.05, 0) is 37.7 Å². The fourth-order valence-electron chi connectivity index (χ4n) is 5.83. The maximum Gasteiger partial charge on any atom is 0.278 e. The van der Waals surface area contributed by atoms with Crippen LogP contribution in [0.5, 0.6) is 5.75 Å². The van der Waals surface area contributed by atoms with Gasteiger partial charge in [-0.15, -0.1) is 0 Å². The summed E-state index contributed by atoms with van der Waals surface area (Å²) in [6.45, 7) is 1.97. The Labute approximate surface area is 207 Å². The van der Waals surface area contributed by atoms with Gasteiger partial charge in [0.05, 0.1) is 6.61 Å². The quantitative estimate of drug-likeness (QED) is 0.591. The molecule has 2 aliphatic carbocycles. The molecule has 36 heavy (non-hydrogen) atoms. The molecule has 2 saturated carbocycles. The van der Waals surface area contributed by atoms with E-state index in [4.69, 9.17) is 4.74 Å². The number of ether oxygens (including phenoxy) is 1. The number of nitrogens with zero attached hydrogens (tertiary/aromatic N) is 3. The molecule has 192 valence electrons. The van der Waals surface area contributed by atoms with Gasteiger partial charge in [0.15, 0.2) is 11.4 Å². The summed E-state index contributed by atoms with van der Waals surface area (Å²) in [5.74, 6) is -1.83. The van der Waals surface area contributed by atoms with Crippen LogP contribution in [0.3, 0.4) is 0 Å². The summed E-state index contributed by atoms with van der Waals surface area (Å²) >= 11 is 0. The number of rotatable bonds is 7. The number of hydrogen-bond acceptors (Lipinski definition) is 5. The third-order valence-corrected chi connectivity index (χ3v) is 7.96. The summed E-state index contributed by atoms with van der Waals surface area (Å²) in [6.07, 6.45) is 5.72. The maximum atomic E-state index is 14.1. The van der Waals surface area contributed by atoms with E-state index < -0.39 is 28.6 Å². The highest BCUT2D eigenvalue weighted by molar-refractivity contribution is 6.00. The lowest BCUT2D eigenvalue weighted by molar-refractivity contribution is 0.0326. The number of amides is 2. The van der Waals surface area contributed by atoms with E-state index in [1.54, 1.807) is 16.6 Å². The zero-order valence-corrected chi connectivity index (χ0v) is 20.6. The standard InChI is InChI=1S/C26H30F2N4O4/c1-4-5-10-36-23-21-25(35)30(2)26(9-8-15-11-19(15)26)31(3)32(21)14-18(22(23)33)24(34)29-13-16-6-7-17(27)12-20(16)28/h6-7,12,14-15,19H,4-5,8-11,13H2,1-3H3,(H,29,34)/t15-,19?,26+/m1/s1. The molecule has 1 aromatic carbocycles. The first-order valence-corrected chi connectivity index (χ1v) is 12.4. The van der Waals surface area contributed by atoms with Crippen LogP contribution in [0.1, 0.15) is 65.4 Å². The molecule has 1 N–H and O–H groups in total. The third-order valence-electron chi connectivity index (χ3n) is 7.96. The van der Waals surface area contributed by atoms with Crippen LogP contribution in [-0.4, -0.2) is 47.8 Å². The molecule has 3 aliphatic rings. The van der Waals surface area contributed by atoms with Gasteiger partial charge < -0.3 is 15.0 Å². The summed E-state index contributed by atoms with van der Waals surface area (Å²) in [5, 5.41) is 4.49. The second-order valence-electron chi connectivity index (χ2n) is 9.92. The molecule has 10 heteroatoms. The topological polar surface area (TPSA) is 83.9 Å². The Morgan fingerprint density at radius 3 is 2.67 bits per heavy atom. The molecule has 0 radical (unpaired) electrons. The molecule has 2 amide bonds. The fourth-order valence-corrected chi connectivity index (χ4v) is 5.83. The average Bonchev–Trinajstić information content (AvgIpc) is 3.55. The first kappa shape index (κ1) is 24.3. The van der Waals surface area contributed by atoms with Crippen molar-refractivity contribution >= 4 is 11.8 Å². The van der Waals surface area contributed by atoms with Crippen LogP contribution in [0.2, 0.25) is 0 Å². The number of hydrogen-bond donors (Lipinski definition) is 1. The predicted octanol–water partition coefficient (Wildman–Crippen LogP) is 3.02. The van der Waals surface area contributed by atoms with Crippen molar-refractivity contribution in [3.63, 3.8) is 0 Å². The van der Waals surface area contributed by atoms with Gasteiger partial charge in [-0.25, -0.2) is 8.78 Å². The molecule has 2 heterocycles. The predicted molar refractivity (Wildman–Crippen MR) is 128 cm³/mol. The number of pyridine rings is 1. The minimum atomic E-state index is -0.795. The molecular formula is C26H30F2N4O4. The number of nitrogens with one attached hydrogen (secondary N) is 1. The molecule has 3 atom stereocenters. The molecular weight excluding hydrogens is 470 g/mol. The zero-order chi connectivity index (χ0) is 25.8. The molecule has 0 saturated heterocycles. The number of benzene rings is 1. The van der Waals surface area contributed by atoms with E-state index in [0.717, 1.165) is 37.8 Å². The van der Waals surface area contributed by atoms with Crippen LogP contribution >= 0.6 is 0 Å². The van der Waals surface area contributed by atoms with Crippen molar-refractivity contribution in [2.75, 3.05) is 25.7 Å². The highest BCUT2D eigenvalue weighted by atomic mass is 19.1. The summed E-state index contributed by atoms with van der Waals surface area (Å²) in [4.78, 5) is 41.9. The normalized spacial score (nSPS) is 24.1. The second kappa shape index (κ2) is 8.90. The van der Waals surface area contributed by atoms with Gasteiger partial charge in [-0.1, -0.05) is 19.4 Å². The number of halogens is 2. The van der Waals surface area contributed by atoms with Crippen molar-refractivity contribution in [1.29, 1.82) is 0 Å². The maximum absolute atomic E-state index is 14.1. The van der Waals surface area contributed by atoms with E-state index in [1.807, 2.05) is 19.0 Å². The van der Waals surface area contributed by atoms with Gasteiger partial charge in [0.1, 0.15) is 22.9 Å². The smallest absolute Gasteiger partial charge is 0.278 e. The summed E-state index contributed by atoms with van der Waals surface area (Å²) in [6, 6.07) is 3.07. The molecule has 0 bridgehead atoms. The van der Waals surface area contributed by atoms with Crippen molar-refractivity contribution in [3.05, 3.63) is 63.1 Å². The molecule has 8 nitrogen and oxygen atoms in total. The van der Waals surface area contributed by atoms with E-state index in [2.05, 4.69) is 5.32 Å². The van der Waals surface area contributed by atoms with E-state index >= 15 is 0 Å². The molecule has 1 aromatic heterocycles. The van der Waals surface area contributed by atoms with E-state index in [-0.39, 0.29) is 41.6 Å². The van der Waals surface area contributed by atoms with Crippen molar-refractivity contribution < 1.29 is 23.1 Å². The second-order valence-corrected chi connectivity index (χ2v) is 9.92. The Bertz CT molecular complexity index is 1300. The average molecular weight is 501 g/mol. The first-order chi connectivity index (χ1) is 17.2. The number of fused-ring (bicyclic) bond motifs is 3. The Morgan fingerprint density at radius 2 is 2.03 bits per heavy atom. The SMILES string of the molecule is CCCCOc1c2n(cc(C(=O)NCc3ccc(F)cc3F)c1=O)N(C)[C@]1(CC[C@@H]3CC31)N(C)C2=O. The van der Waals surface area contributed by atoms with Crippen LogP contribution in [0.15, 0.2) is 29.2 Å². The van der Waals surface area contributed by atoms with E-state index in [1.165, 1.54) is 12.3 Å². The van der Waals surface area contributed by atoms with Gasteiger partial charge in [0.25, 0.3) is 11.8 Å². The third kappa shape index (κ3) is 3.65. The van der Waals surface area contributed by atoms with Gasteiger partial charge in [-0.3, -0.25) is 24.1 Å². The van der Waals surface area contributed by atoms with Crippen LogP contribution < -0.4 is 20.5 Å². The van der Waals surface area contributed by atoms with Crippen LogP contribution in [-0.2, 0) is 6.54 Å². The Morgan fingerprint density at radius 1 is 1.25 bits per heavy atom. The van der Waals surface area contributed by atoms with Crippen molar-refractivity contribution in [1.82, 2.24) is 14.9 Å². The highest BCUT2D eigenvalue weighted by Crippen LogP contribution is 2.61. The van der Waals surface area contributed by atoms with E-state index in [0.29, 0.717) is 18.3 Å². The molecule has 5 rings (SSSR count). The highest BCUT2D eigenvalue weighted by Gasteiger charge is 2.65. The van der Waals surface area contributed by atoms with Crippen LogP contribution in [0.4, 0.5) is 8.78 Å². The van der Waals surface area contributed by atoms with Gasteiger partial charge in [-0.2, -0.15) is 0 Å². The molecule has 2 aromatic rings. The van der Waals surface area contributed by atoms with Gasteiger partial charge in [0, 0.05) is 44.4 Å². The molecule has 1 spiro atoms. The fraction of sp³-hybridized carbons (Fsp3) is 0.500. The van der Waals surface area contributed by atoms with Crippen LogP contribution in [0.25, 0.3) is 0 Å². The monoisotopic (exact) mass is 500 g/mol. The minimum absolute atomic E-state index is 0.0841. The summed E-state index contributed by atoms with van der Waals surface area (Å²) in [5.41, 5.74) is -1.26.